The summed E-state index contributed by atoms with van der Waals surface area (Å²) in [5.74, 6) is 0.966. The molecule has 7 heteroatoms. The highest BCUT2D eigenvalue weighted by molar-refractivity contribution is 7.89. The van der Waals surface area contributed by atoms with E-state index in [4.69, 9.17) is 4.42 Å². The fourth-order valence-corrected chi connectivity index (χ4v) is 3.77. The number of furan rings is 1. The molecule has 120 valence electrons. The number of thiophene rings is 1. The van der Waals surface area contributed by atoms with Crippen molar-refractivity contribution in [1.29, 1.82) is 0 Å². The Morgan fingerprint density at radius 3 is 2.61 bits per heavy atom. The van der Waals surface area contributed by atoms with Gasteiger partial charge in [0.1, 0.15) is 17.6 Å². The summed E-state index contributed by atoms with van der Waals surface area (Å²) < 4.78 is 32.2. The molecule has 0 radical (unpaired) electrons. The summed E-state index contributed by atoms with van der Waals surface area (Å²) in [7, 11) is -3.65. The van der Waals surface area contributed by atoms with Crippen LogP contribution in [-0.2, 0) is 10.0 Å². The largest absolute Gasteiger partial charge is 0.458 e. The molecule has 0 unspecified atom stereocenters. The quantitative estimate of drug-likeness (QED) is 0.717. The van der Waals surface area contributed by atoms with E-state index in [1.807, 2.05) is 16.8 Å². The van der Waals surface area contributed by atoms with E-state index >= 15 is 0 Å². The number of sulfonamides is 1. The van der Waals surface area contributed by atoms with Gasteiger partial charge in [0, 0.05) is 17.5 Å². The summed E-state index contributed by atoms with van der Waals surface area (Å²) in [6, 6.07) is 13.3. The molecule has 2 N–H and O–H groups in total. The van der Waals surface area contributed by atoms with E-state index in [9.17, 15) is 13.5 Å². The molecule has 0 aliphatic rings. The molecule has 3 aromatic rings. The minimum atomic E-state index is -3.65. The van der Waals surface area contributed by atoms with Gasteiger partial charge in [-0.25, -0.2) is 13.1 Å². The van der Waals surface area contributed by atoms with E-state index in [0.717, 1.165) is 5.56 Å². The first-order valence-corrected chi connectivity index (χ1v) is 9.34. The molecule has 5 nitrogen and oxygen atoms in total. The summed E-state index contributed by atoms with van der Waals surface area (Å²) in [5.41, 5.74) is 0.929. The predicted octanol–water partition coefficient (Wildman–Crippen LogP) is 3.02. The van der Waals surface area contributed by atoms with E-state index in [-0.39, 0.29) is 11.4 Å². The molecule has 0 amide bonds. The van der Waals surface area contributed by atoms with Crippen LogP contribution >= 0.6 is 11.3 Å². The van der Waals surface area contributed by atoms with Crippen molar-refractivity contribution in [2.24, 2.45) is 0 Å². The molecule has 1 aromatic carbocycles. The van der Waals surface area contributed by atoms with E-state index in [0.29, 0.717) is 11.5 Å². The van der Waals surface area contributed by atoms with Crippen molar-refractivity contribution in [3.8, 4) is 11.3 Å². The molecule has 0 aliphatic carbocycles. The van der Waals surface area contributed by atoms with Gasteiger partial charge in [-0.05, 0) is 35.7 Å². The first-order chi connectivity index (χ1) is 11.1. The summed E-state index contributed by atoms with van der Waals surface area (Å²) in [6.07, 6.45) is -1.05. The maximum absolute atomic E-state index is 12.1. The number of benzene rings is 1. The Morgan fingerprint density at radius 1 is 1.13 bits per heavy atom. The number of nitrogens with one attached hydrogen (secondary N) is 1. The van der Waals surface area contributed by atoms with Crippen molar-refractivity contribution >= 4 is 21.4 Å². The van der Waals surface area contributed by atoms with Gasteiger partial charge in [0.15, 0.2) is 0 Å². The highest BCUT2D eigenvalue weighted by Gasteiger charge is 2.18. The number of aliphatic hydroxyl groups excluding tert-OH is 1. The monoisotopic (exact) mass is 349 g/mol. The molecule has 0 fully saturated rings. The lowest BCUT2D eigenvalue weighted by molar-refractivity contribution is 0.155. The zero-order valence-corrected chi connectivity index (χ0v) is 13.7. The highest BCUT2D eigenvalue weighted by atomic mass is 32.2. The van der Waals surface area contributed by atoms with Crippen molar-refractivity contribution in [1.82, 2.24) is 4.72 Å². The van der Waals surface area contributed by atoms with Crippen LogP contribution in [0.25, 0.3) is 11.3 Å². The predicted molar refractivity (Wildman–Crippen MR) is 88.6 cm³/mol. The molecule has 0 saturated heterocycles. The molecule has 0 spiro atoms. The normalized spacial score (nSPS) is 13.1. The topological polar surface area (TPSA) is 79.5 Å². The first kappa shape index (κ1) is 15.9. The fraction of sp³-hybridized carbons (Fsp3) is 0.125. The highest BCUT2D eigenvalue weighted by Crippen LogP contribution is 2.27. The zero-order chi connectivity index (χ0) is 16.3. The Balaban J connectivity index is 1.67. The number of aliphatic hydroxyl groups is 1. The molecular formula is C16H15NO4S2. The maximum atomic E-state index is 12.1. The zero-order valence-electron chi connectivity index (χ0n) is 12.0. The third kappa shape index (κ3) is 3.70. The van der Waals surface area contributed by atoms with Crippen molar-refractivity contribution in [2.45, 2.75) is 11.0 Å². The molecule has 1 atom stereocenters. The van der Waals surface area contributed by atoms with E-state index < -0.39 is 16.1 Å². The van der Waals surface area contributed by atoms with Crippen molar-refractivity contribution in [3.63, 3.8) is 0 Å². The SMILES string of the molecule is O=S(=O)(NC[C@@H](O)c1ccc(-c2ccsc2)o1)c1ccccc1. The van der Waals surface area contributed by atoms with Gasteiger partial charge in [0.25, 0.3) is 0 Å². The van der Waals surface area contributed by atoms with Gasteiger partial charge in [-0.15, -0.1) is 0 Å². The molecule has 0 aliphatic heterocycles. The van der Waals surface area contributed by atoms with E-state index in [1.54, 1.807) is 41.7 Å². The Hall–Kier alpha value is -1.93. The van der Waals surface area contributed by atoms with Crippen LogP contribution in [0.4, 0.5) is 0 Å². The van der Waals surface area contributed by atoms with Crippen molar-refractivity contribution < 1.29 is 17.9 Å². The van der Waals surface area contributed by atoms with Gasteiger partial charge < -0.3 is 9.52 Å². The lowest BCUT2D eigenvalue weighted by atomic mass is 10.2. The summed E-state index contributed by atoms with van der Waals surface area (Å²) in [6.45, 7) is -0.159. The van der Waals surface area contributed by atoms with Crippen LogP contribution in [0.5, 0.6) is 0 Å². The van der Waals surface area contributed by atoms with Crippen LogP contribution in [0.1, 0.15) is 11.9 Å². The van der Waals surface area contributed by atoms with Crippen LogP contribution in [0, 0.1) is 0 Å². The van der Waals surface area contributed by atoms with Gasteiger partial charge in [-0.3, -0.25) is 0 Å². The number of hydrogen-bond donors (Lipinski definition) is 2. The van der Waals surface area contributed by atoms with E-state index in [1.165, 1.54) is 12.1 Å². The molecule has 0 bridgehead atoms. The minimum absolute atomic E-state index is 0.158. The average molecular weight is 349 g/mol. The Labute approximate surface area is 138 Å². The Morgan fingerprint density at radius 2 is 1.91 bits per heavy atom. The minimum Gasteiger partial charge on any atom is -0.458 e. The second kappa shape index (κ2) is 6.67. The number of hydrogen-bond acceptors (Lipinski definition) is 5. The summed E-state index contributed by atoms with van der Waals surface area (Å²) >= 11 is 1.55. The second-order valence-corrected chi connectivity index (χ2v) is 7.44. The Kier molecular flexibility index (Phi) is 4.63. The molecule has 3 rings (SSSR count). The maximum Gasteiger partial charge on any atom is 0.240 e. The van der Waals surface area contributed by atoms with Crippen LogP contribution in [-0.4, -0.2) is 20.1 Å². The Bertz CT molecular complexity index is 855. The van der Waals surface area contributed by atoms with Crippen LogP contribution in [0.3, 0.4) is 0 Å². The molecule has 23 heavy (non-hydrogen) atoms. The molecule has 0 saturated carbocycles. The molecular weight excluding hydrogens is 334 g/mol. The second-order valence-electron chi connectivity index (χ2n) is 4.89. The van der Waals surface area contributed by atoms with Gasteiger partial charge in [0.05, 0.1) is 4.90 Å². The molecule has 2 heterocycles. The van der Waals surface area contributed by atoms with Gasteiger partial charge in [0.2, 0.25) is 10.0 Å². The van der Waals surface area contributed by atoms with Crippen molar-refractivity contribution in [3.05, 3.63) is 65.1 Å². The lowest BCUT2D eigenvalue weighted by Crippen LogP contribution is -2.28. The third-order valence-electron chi connectivity index (χ3n) is 3.28. The molecule has 2 aromatic heterocycles. The summed E-state index contributed by atoms with van der Waals surface area (Å²) in [4.78, 5) is 0.158. The number of rotatable bonds is 6. The first-order valence-electron chi connectivity index (χ1n) is 6.91. The standard InChI is InChI=1S/C16H15NO4S2/c18-14(10-17-23(19,20)13-4-2-1-3-5-13)16-7-6-15(21-16)12-8-9-22-11-12/h1-9,11,14,17-18H,10H2/t14-/m1/s1. The van der Waals surface area contributed by atoms with Gasteiger partial charge in [-0.1, -0.05) is 18.2 Å². The third-order valence-corrected chi connectivity index (χ3v) is 5.40. The van der Waals surface area contributed by atoms with E-state index in [2.05, 4.69) is 4.72 Å². The lowest BCUT2D eigenvalue weighted by Gasteiger charge is -2.10. The van der Waals surface area contributed by atoms with Crippen LogP contribution in [0.15, 0.2) is 68.6 Å². The van der Waals surface area contributed by atoms with Crippen LogP contribution < -0.4 is 4.72 Å². The smallest absolute Gasteiger partial charge is 0.240 e. The summed E-state index contributed by atoms with van der Waals surface area (Å²) in [5, 5.41) is 14.0. The van der Waals surface area contributed by atoms with Gasteiger partial charge in [-0.2, -0.15) is 11.3 Å². The fourth-order valence-electron chi connectivity index (χ4n) is 2.06. The van der Waals surface area contributed by atoms with Gasteiger partial charge >= 0.3 is 0 Å². The van der Waals surface area contributed by atoms with Crippen molar-refractivity contribution in [2.75, 3.05) is 6.54 Å². The average Bonchev–Trinajstić information content (AvgIpc) is 3.24. The van der Waals surface area contributed by atoms with Crippen LogP contribution in [0.2, 0.25) is 0 Å².